The number of allylic oxidation sites excluding steroid dienone is 1. The van der Waals surface area contributed by atoms with Gasteiger partial charge in [0.1, 0.15) is 5.75 Å². The van der Waals surface area contributed by atoms with Crippen LogP contribution in [0.25, 0.3) is 0 Å². The Morgan fingerprint density at radius 2 is 1.91 bits per heavy atom. The monoisotopic (exact) mass is 334 g/mol. The number of aliphatic hydroxyl groups is 1. The fourth-order valence-corrected chi connectivity index (χ4v) is 2.02. The Kier molecular flexibility index (Phi) is 4.79. The molecular weight excluding hydrogens is 320 g/mol. The molecule has 1 heterocycles. The smallest absolute Gasteiger partial charge is 0.291 e. The molecular formula is C14H14F4N2O3. The van der Waals surface area contributed by atoms with Gasteiger partial charge in [0.2, 0.25) is 5.72 Å². The van der Waals surface area contributed by atoms with E-state index in [2.05, 4.69) is 0 Å². The molecule has 9 heteroatoms. The second-order valence-corrected chi connectivity index (χ2v) is 4.69. The van der Waals surface area contributed by atoms with Gasteiger partial charge in [0, 0.05) is 11.6 Å². The van der Waals surface area contributed by atoms with E-state index in [0.717, 1.165) is 0 Å². The van der Waals surface area contributed by atoms with Crippen LogP contribution < -0.4 is 10.2 Å². The highest BCUT2D eigenvalue weighted by Gasteiger charge is 2.51. The molecule has 0 aromatic heterocycles. The van der Waals surface area contributed by atoms with Crippen molar-refractivity contribution in [1.29, 1.82) is 0 Å². The molecule has 0 aliphatic carbocycles. The molecule has 0 bridgehead atoms. The molecule has 1 unspecified atom stereocenters. The van der Waals surface area contributed by atoms with Crippen LogP contribution in [0.3, 0.4) is 0 Å². The van der Waals surface area contributed by atoms with Gasteiger partial charge in [-0.2, -0.15) is 0 Å². The number of ether oxygens (including phenoxy) is 1. The maximum Gasteiger partial charge on any atom is 0.291 e. The first kappa shape index (κ1) is 17.1. The minimum atomic E-state index is -3.47. The standard InChI is InChI=1S/C14H14F4N2O3/c1-2-23-9-5-3-8(4-6-9)12(21)20-14(22,13(17)18)7-10(19-20)11(15)16/h3-7,11,13,19,22H,2H2,1H3. The van der Waals surface area contributed by atoms with Crippen molar-refractivity contribution in [3.8, 4) is 5.75 Å². The van der Waals surface area contributed by atoms with Crippen LogP contribution in [0.4, 0.5) is 17.6 Å². The van der Waals surface area contributed by atoms with E-state index < -0.39 is 30.2 Å². The molecule has 1 atom stereocenters. The molecule has 1 aliphatic rings. The fourth-order valence-electron chi connectivity index (χ4n) is 2.02. The van der Waals surface area contributed by atoms with Gasteiger partial charge < -0.3 is 9.84 Å². The molecule has 23 heavy (non-hydrogen) atoms. The first-order valence-corrected chi connectivity index (χ1v) is 6.65. The topological polar surface area (TPSA) is 61.8 Å². The lowest BCUT2D eigenvalue weighted by Gasteiger charge is -2.31. The fraction of sp³-hybridized carbons (Fsp3) is 0.357. The van der Waals surface area contributed by atoms with Gasteiger partial charge >= 0.3 is 0 Å². The van der Waals surface area contributed by atoms with Crippen LogP contribution in [0.15, 0.2) is 36.0 Å². The zero-order valence-electron chi connectivity index (χ0n) is 12.0. The molecule has 0 spiro atoms. The third-order valence-corrected chi connectivity index (χ3v) is 3.14. The van der Waals surface area contributed by atoms with E-state index in [9.17, 15) is 27.5 Å². The average molecular weight is 334 g/mol. The summed E-state index contributed by atoms with van der Waals surface area (Å²) >= 11 is 0. The van der Waals surface area contributed by atoms with Crippen LogP contribution in [0.2, 0.25) is 0 Å². The molecule has 1 aliphatic heterocycles. The molecule has 126 valence electrons. The maximum atomic E-state index is 13.1. The largest absolute Gasteiger partial charge is 0.494 e. The minimum absolute atomic E-state index is 0.0797. The number of carbonyl (C=O) groups is 1. The van der Waals surface area contributed by atoms with Gasteiger partial charge in [0.15, 0.2) is 0 Å². The summed E-state index contributed by atoms with van der Waals surface area (Å²) in [6.07, 6.45) is -6.37. The number of hydrogen-bond donors (Lipinski definition) is 2. The number of carbonyl (C=O) groups excluding carboxylic acids is 1. The predicted molar refractivity (Wildman–Crippen MR) is 72.0 cm³/mol. The summed E-state index contributed by atoms with van der Waals surface area (Å²) in [7, 11) is 0. The SMILES string of the molecule is CCOc1ccc(C(=O)N2NC(C(F)F)=CC2(O)C(F)F)cc1. The first-order valence-electron chi connectivity index (χ1n) is 6.65. The number of rotatable bonds is 5. The highest BCUT2D eigenvalue weighted by atomic mass is 19.3. The Balaban J connectivity index is 2.27. The number of alkyl halides is 4. The molecule has 0 saturated heterocycles. The van der Waals surface area contributed by atoms with Crippen molar-refractivity contribution in [1.82, 2.24) is 10.4 Å². The van der Waals surface area contributed by atoms with Gasteiger partial charge in [-0.1, -0.05) is 0 Å². The van der Waals surface area contributed by atoms with Crippen LogP contribution >= 0.6 is 0 Å². The molecule has 5 nitrogen and oxygen atoms in total. The van der Waals surface area contributed by atoms with Gasteiger partial charge in [-0.3, -0.25) is 10.2 Å². The minimum Gasteiger partial charge on any atom is -0.494 e. The highest BCUT2D eigenvalue weighted by Crippen LogP contribution is 2.31. The van der Waals surface area contributed by atoms with Crippen molar-refractivity contribution >= 4 is 5.91 Å². The van der Waals surface area contributed by atoms with Gasteiger partial charge in [-0.05, 0) is 31.2 Å². The second-order valence-electron chi connectivity index (χ2n) is 4.69. The molecule has 0 fully saturated rings. The number of amides is 1. The summed E-state index contributed by atoms with van der Waals surface area (Å²) in [5.41, 5.74) is -2.36. The van der Waals surface area contributed by atoms with E-state index >= 15 is 0 Å². The Morgan fingerprint density at radius 3 is 2.39 bits per heavy atom. The van der Waals surface area contributed by atoms with Crippen LogP contribution in [0.5, 0.6) is 5.75 Å². The number of hydrogen-bond acceptors (Lipinski definition) is 4. The van der Waals surface area contributed by atoms with Crippen molar-refractivity contribution in [3.05, 3.63) is 41.6 Å². The second kappa shape index (κ2) is 6.45. The van der Waals surface area contributed by atoms with Gasteiger partial charge in [0.25, 0.3) is 18.8 Å². The molecule has 2 rings (SSSR count). The normalized spacial score (nSPS) is 20.7. The summed E-state index contributed by atoms with van der Waals surface area (Å²) in [4.78, 5) is 12.3. The quantitative estimate of drug-likeness (QED) is 0.810. The van der Waals surface area contributed by atoms with Crippen LogP contribution in [0, 0.1) is 0 Å². The van der Waals surface area contributed by atoms with E-state index in [-0.39, 0.29) is 16.6 Å². The Hall–Kier alpha value is -2.29. The van der Waals surface area contributed by atoms with Crippen LogP contribution in [0.1, 0.15) is 17.3 Å². The van der Waals surface area contributed by atoms with E-state index in [4.69, 9.17) is 4.74 Å². The van der Waals surface area contributed by atoms with Crippen molar-refractivity contribution in [2.45, 2.75) is 25.5 Å². The Bertz CT molecular complexity index is 607. The zero-order valence-corrected chi connectivity index (χ0v) is 12.0. The lowest BCUT2D eigenvalue weighted by Crippen LogP contribution is -2.56. The number of nitrogens with one attached hydrogen (secondary N) is 1. The molecule has 0 radical (unpaired) electrons. The summed E-state index contributed by atoms with van der Waals surface area (Å²) in [5.74, 6) is -0.628. The summed E-state index contributed by atoms with van der Waals surface area (Å²) in [6, 6.07) is 5.41. The van der Waals surface area contributed by atoms with E-state index in [1.165, 1.54) is 24.3 Å². The molecule has 1 aromatic carbocycles. The summed E-state index contributed by atoms with van der Waals surface area (Å²) in [5, 5.41) is 9.97. The van der Waals surface area contributed by atoms with Gasteiger partial charge in [-0.25, -0.2) is 22.6 Å². The summed E-state index contributed by atoms with van der Waals surface area (Å²) in [6.45, 7) is 2.15. The van der Waals surface area contributed by atoms with Crippen molar-refractivity contribution in [3.63, 3.8) is 0 Å². The number of hydrazine groups is 1. The predicted octanol–water partition coefficient (Wildman–Crippen LogP) is 2.15. The van der Waals surface area contributed by atoms with Crippen molar-refractivity contribution < 1.29 is 32.2 Å². The van der Waals surface area contributed by atoms with E-state index in [1.54, 1.807) is 6.92 Å². The third-order valence-electron chi connectivity index (χ3n) is 3.14. The molecule has 1 amide bonds. The zero-order chi connectivity index (χ0) is 17.2. The molecule has 1 aromatic rings. The van der Waals surface area contributed by atoms with Gasteiger partial charge in [-0.15, -0.1) is 0 Å². The number of halogens is 4. The number of benzene rings is 1. The lowest BCUT2D eigenvalue weighted by molar-refractivity contribution is -0.146. The van der Waals surface area contributed by atoms with Crippen molar-refractivity contribution in [2.24, 2.45) is 0 Å². The van der Waals surface area contributed by atoms with E-state index in [0.29, 0.717) is 12.4 Å². The van der Waals surface area contributed by atoms with Crippen LogP contribution in [-0.4, -0.2) is 41.2 Å². The maximum absolute atomic E-state index is 13.1. The third kappa shape index (κ3) is 3.24. The van der Waals surface area contributed by atoms with Crippen molar-refractivity contribution in [2.75, 3.05) is 6.61 Å². The van der Waals surface area contributed by atoms with Gasteiger partial charge in [0.05, 0.1) is 12.3 Å². The van der Waals surface area contributed by atoms with E-state index in [1.807, 2.05) is 5.43 Å². The Labute approximate surface area is 129 Å². The average Bonchev–Trinajstić information content (AvgIpc) is 2.87. The summed E-state index contributed by atoms with van der Waals surface area (Å²) < 4.78 is 56.7. The van der Waals surface area contributed by atoms with Crippen LogP contribution in [-0.2, 0) is 0 Å². The molecule has 0 saturated carbocycles. The Morgan fingerprint density at radius 1 is 1.30 bits per heavy atom. The first-order chi connectivity index (χ1) is 10.8. The number of nitrogens with zero attached hydrogens (tertiary/aromatic N) is 1. The lowest BCUT2D eigenvalue weighted by atomic mass is 10.1. The molecule has 2 N–H and O–H groups in total. The highest BCUT2D eigenvalue weighted by molar-refractivity contribution is 5.95.